The van der Waals surface area contributed by atoms with Crippen molar-refractivity contribution in [1.29, 1.82) is 0 Å². The predicted molar refractivity (Wildman–Crippen MR) is 56.4 cm³/mol. The van der Waals surface area contributed by atoms with Crippen LogP contribution in [0.1, 0.15) is 22.7 Å². The Morgan fingerprint density at radius 3 is 2.60 bits per heavy atom. The van der Waals surface area contributed by atoms with Crippen LogP contribution in [0.5, 0.6) is 5.75 Å². The molecule has 0 heterocycles. The lowest BCUT2D eigenvalue weighted by atomic mass is 9.98. The minimum Gasteiger partial charge on any atom is -0.493 e. The molecule has 0 bridgehead atoms. The van der Waals surface area contributed by atoms with E-state index in [1.165, 1.54) is 7.11 Å². The Kier molecular flexibility index (Phi) is 3.66. The number of hydrogen-bond donors (Lipinski definition) is 2. The number of aliphatic hydroxyl groups is 1. The molecule has 0 radical (unpaired) electrons. The Labute approximate surface area is 88.7 Å². The van der Waals surface area contributed by atoms with Gasteiger partial charge in [-0.25, -0.2) is 4.39 Å². The molecule has 0 saturated carbocycles. The quantitative estimate of drug-likeness (QED) is 0.798. The molecule has 1 atom stereocenters. The molecule has 0 saturated heterocycles. The summed E-state index contributed by atoms with van der Waals surface area (Å²) in [5.41, 5.74) is 7.54. The third kappa shape index (κ3) is 2.11. The molecule has 3 nitrogen and oxygen atoms in total. The average molecular weight is 213 g/mol. The minimum atomic E-state index is -0.502. The van der Waals surface area contributed by atoms with Gasteiger partial charge in [0.2, 0.25) is 0 Å². The molecule has 0 aliphatic rings. The second kappa shape index (κ2) is 4.59. The van der Waals surface area contributed by atoms with Crippen LogP contribution in [0.4, 0.5) is 4.39 Å². The zero-order valence-electron chi connectivity index (χ0n) is 9.17. The summed E-state index contributed by atoms with van der Waals surface area (Å²) in [5.74, 6) is -0.169. The third-order valence-corrected chi connectivity index (χ3v) is 2.49. The summed E-state index contributed by atoms with van der Waals surface area (Å²) in [6.45, 7) is 3.20. The molecule has 1 unspecified atom stereocenters. The van der Waals surface area contributed by atoms with Gasteiger partial charge in [0.05, 0.1) is 19.8 Å². The van der Waals surface area contributed by atoms with E-state index in [0.717, 1.165) is 0 Å². The molecule has 1 aromatic carbocycles. The van der Waals surface area contributed by atoms with E-state index in [-0.39, 0.29) is 18.2 Å². The standard InChI is InChI=1S/C11H16FNO2/c1-6-4-8(9(13)5-14)7(2)11(15-3)10(6)12/h4,9,14H,5,13H2,1-3H3. The van der Waals surface area contributed by atoms with Crippen LogP contribution in [0.2, 0.25) is 0 Å². The molecule has 0 fully saturated rings. The molecule has 84 valence electrons. The molecule has 1 rings (SSSR count). The van der Waals surface area contributed by atoms with Crippen molar-refractivity contribution in [3.05, 3.63) is 28.6 Å². The van der Waals surface area contributed by atoms with E-state index in [4.69, 9.17) is 15.6 Å². The maximum absolute atomic E-state index is 13.6. The number of benzene rings is 1. The fourth-order valence-corrected chi connectivity index (χ4v) is 1.61. The van der Waals surface area contributed by atoms with Crippen molar-refractivity contribution in [2.45, 2.75) is 19.9 Å². The van der Waals surface area contributed by atoms with Crippen LogP contribution in [-0.4, -0.2) is 18.8 Å². The number of aliphatic hydroxyl groups excluding tert-OH is 1. The van der Waals surface area contributed by atoms with Crippen molar-refractivity contribution in [2.75, 3.05) is 13.7 Å². The lowest BCUT2D eigenvalue weighted by Crippen LogP contribution is -2.17. The van der Waals surface area contributed by atoms with Gasteiger partial charge in [-0.3, -0.25) is 0 Å². The van der Waals surface area contributed by atoms with Crippen LogP contribution in [0, 0.1) is 19.7 Å². The maximum Gasteiger partial charge on any atom is 0.168 e. The second-order valence-corrected chi connectivity index (χ2v) is 3.54. The number of nitrogens with two attached hydrogens (primary N) is 1. The van der Waals surface area contributed by atoms with Crippen molar-refractivity contribution in [2.24, 2.45) is 5.73 Å². The Morgan fingerprint density at radius 1 is 1.53 bits per heavy atom. The highest BCUT2D eigenvalue weighted by atomic mass is 19.1. The van der Waals surface area contributed by atoms with Gasteiger partial charge in [0.25, 0.3) is 0 Å². The van der Waals surface area contributed by atoms with E-state index < -0.39 is 6.04 Å². The molecule has 4 heteroatoms. The lowest BCUT2D eigenvalue weighted by molar-refractivity contribution is 0.267. The molecule has 3 N–H and O–H groups in total. The molecule has 15 heavy (non-hydrogen) atoms. The summed E-state index contributed by atoms with van der Waals surface area (Å²) in [4.78, 5) is 0. The molecular weight excluding hydrogens is 197 g/mol. The van der Waals surface area contributed by atoms with Gasteiger partial charge in [-0.1, -0.05) is 6.07 Å². The molecule has 0 aliphatic heterocycles. The normalized spacial score (nSPS) is 12.7. The molecule has 0 spiro atoms. The van der Waals surface area contributed by atoms with Gasteiger partial charge in [-0.2, -0.15) is 0 Å². The van der Waals surface area contributed by atoms with Crippen molar-refractivity contribution in [3.63, 3.8) is 0 Å². The Morgan fingerprint density at radius 2 is 2.13 bits per heavy atom. The SMILES string of the molecule is COc1c(C)c(C(N)CO)cc(C)c1F. The predicted octanol–water partition coefficient (Wildman–Crippen LogP) is 1.44. The van der Waals surface area contributed by atoms with Crippen molar-refractivity contribution in [1.82, 2.24) is 0 Å². The van der Waals surface area contributed by atoms with E-state index in [9.17, 15) is 4.39 Å². The van der Waals surface area contributed by atoms with Gasteiger partial charge in [0.1, 0.15) is 0 Å². The summed E-state index contributed by atoms with van der Waals surface area (Å²) < 4.78 is 18.6. The Hall–Kier alpha value is -1.13. The monoisotopic (exact) mass is 213 g/mol. The van der Waals surface area contributed by atoms with Crippen LogP contribution < -0.4 is 10.5 Å². The average Bonchev–Trinajstić information content (AvgIpc) is 2.23. The molecular formula is C11H16FNO2. The smallest absolute Gasteiger partial charge is 0.168 e. The topological polar surface area (TPSA) is 55.5 Å². The molecule has 0 aromatic heterocycles. The van der Waals surface area contributed by atoms with Crippen LogP contribution >= 0.6 is 0 Å². The van der Waals surface area contributed by atoms with Crippen LogP contribution in [-0.2, 0) is 0 Å². The van der Waals surface area contributed by atoms with Crippen molar-refractivity contribution < 1.29 is 14.2 Å². The first-order valence-electron chi connectivity index (χ1n) is 4.73. The van der Waals surface area contributed by atoms with E-state index >= 15 is 0 Å². The summed E-state index contributed by atoms with van der Waals surface area (Å²) in [6, 6.07) is 1.15. The summed E-state index contributed by atoms with van der Waals surface area (Å²) in [6.07, 6.45) is 0. The first-order chi connectivity index (χ1) is 7.02. The van der Waals surface area contributed by atoms with Crippen molar-refractivity contribution >= 4 is 0 Å². The van der Waals surface area contributed by atoms with Crippen LogP contribution in [0.25, 0.3) is 0 Å². The highest BCUT2D eigenvalue weighted by Gasteiger charge is 2.17. The summed E-state index contributed by atoms with van der Waals surface area (Å²) in [7, 11) is 1.42. The fourth-order valence-electron chi connectivity index (χ4n) is 1.61. The lowest BCUT2D eigenvalue weighted by Gasteiger charge is -2.17. The second-order valence-electron chi connectivity index (χ2n) is 3.54. The first-order valence-corrected chi connectivity index (χ1v) is 4.73. The number of rotatable bonds is 3. The zero-order chi connectivity index (χ0) is 11.6. The fraction of sp³-hybridized carbons (Fsp3) is 0.455. The highest BCUT2D eigenvalue weighted by molar-refractivity contribution is 5.45. The zero-order valence-corrected chi connectivity index (χ0v) is 9.17. The summed E-state index contributed by atoms with van der Waals surface area (Å²) >= 11 is 0. The Balaban J connectivity index is 3.36. The number of methoxy groups -OCH3 is 1. The number of ether oxygens (including phenoxy) is 1. The van der Waals surface area contributed by atoms with Gasteiger partial charge < -0.3 is 15.6 Å². The summed E-state index contributed by atoms with van der Waals surface area (Å²) in [5, 5.41) is 8.98. The van der Waals surface area contributed by atoms with Crippen LogP contribution in [0.15, 0.2) is 6.07 Å². The van der Waals surface area contributed by atoms with Crippen LogP contribution in [0.3, 0.4) is 0 Å². The molecule has 0 amide bonds. The maximum atomic E-state index is 13.6. The largest absolute Gasteiger partial charge is 0.493 e. The number of halogens is 1. The van der Waals surface area contributed by atoms with Gasteiger partial charge in [0.15, 0.2) is 11.6 Å². The van der Waals surface area contributed by atoms with Gasteiger partial charge in [-0.15, -0.1) is 0 Å². The molecule has 0 aliphatic carbocycles. The third-order valence-electron chi connectivity index (χ3n) is 2.49. The van der Waals surface area contributed by atoms with Gasteiger partial charge >= 0.3 is 0 Å². The van der Waals surface area contributed by atoms with Gasteiger partial charge in [-0.05, 0) is 30.5 Å². The molecule has 1 aromatic rings. The minimum absolute atomic E-state index is 0.172. The number of aryl methyl sites for hydroxylation is 1. The van der Waals surface area contributed by atoms with E-state index in [0.29, 0.717) is 16.7 Å². The Bertz CT molecular complexity index is 366. The van der Waals surface area contributed by atoms with E-state index in [1.807, 2.05) is 0 Å². The van der Waals surface area contributed by atoms with Crippen molar-refractivity contribution in [3.8, 4) is 5.75 Å². The first kappa shape index (κ1) is 11.9. The van der Waals surface area contributed by atoms with Gasteiger partial charge in [0, 0.05) is 0 Å². The van der Waals surface area contributed by atoms with E-state index in [2.05, 4.69) is 0 Å². The highest BCUT2D eigenvalue weighted by Crippen LogP contribution is 2.30. The number of hydrogen-bond acceptors (Lipinski definition) is 3. The van der Waals surface area contributed by atoms with E-state index in [1.54, 1.807) is 19.9 Å².